The van der Waals surface area contributed by atoms with Crippen LogP contribution in [0.5, 0.6) is 0 Å². The lowest BCUT2D eigenvalue weighted by molar-refractivity contribution is -0.0659. The van der Waals surface area contributed by atoms with E-state index >= 15 is 0 Å². The second kappa shape index (κ2) is 4.69. The van der Waals surface area contributed by atoms with E-state index in [1.165, 1.54) is 43.0 Å². The monoisotopic (exact) mass is 308 g/mol. The van der Waals surface area contributed by atoms with Gasteiger partial charge in [0.25, 0.3) is 0 Å². The van der Waals surface area contributed by atoms with Crippen LogP contribution in [0, 0.1) is 11.8 Å². The van der Waals surface area contributed by atoms with Crippen molar-refractivity contribution in [3.8, 4) is 0 Å². The first-order valence-corrected chi connectivity index (χ1v) is 7.46. The van der Waals surface area contributed by atoms with Gasteiger partial charge in [-0.05, 0) is 37.5 Å². The van der Waals surface area contributed by atoms with E-state index in [1.807, 2.05) is 0 Å². The number of rotatable bonds is 4. The number of hydrogen-bond donors (Lipinski definition) is 0. The number of alkyl halides is 1. The molecule has 0 N–H and O–H groups in total. The van der Waals surface area contributed by atoms with Crippen LogP contribution in [-0.2, 0) is 4.74 Å². The molecule has 0 aliphatic heterocycles. The predicted octanol–water partition coefficient (Wildman–Crippen LogP) is 3.80. The van der Waals surface area contributed by atoms with Gasteiger partial charge >= 0.3 is 0 Å². The summed E-state index contributed by atoms with van der Waals surface area (Å²) in [5.41, 5.74) is 0.251. The normalized spacial score (nSPS) is 38.6. The summed E-state index contributed by atoms with van der Waals surface area (Å²) in [5, 5.41) is 0. The third-order valence-corrected chi connectivity index (χ3v) is 5.01. The van der Waals surface area contributed by atoms with E-state index in [4.69, 9.17) is 4.74 Å². The summed E-state index contributed by atoms with van der Waals surface area (Å²) in [6.45, 7) is 3.41. The number of halogens is 1. The van der Waals surface area contributed by atoms with Crippen molar-refractivity contribution in [1.82, 2.24) is 0 Å². The largest absolute Gasteiger partial charge is 0.374 e. The molecule has 82 valence electrons. The molecule has 2 rings (SSSR count). The Bertz CT molecular complexity index is 191. The Morgan fingerprint density at radius 2 is 2.14 bits per heavy atom. The Balaban J connectivity index is 1.85. The van der Waals surface area contributed by atoms with Crippen LogP contribution in [0.25, 0.3) is 0 Å². The number of ether oxygens (including phenoxy) is 1. The molecule has 0 aromatic carbocycles. The maximum atomic E-state index is 6.21. The number of hydrogen-bond acceptors (Lipinski definition) is 1. The lowest BCUT2D eigenvalue weighted by atomic mass is 9.80. The van der Waals surface area contributed by atoms with Crippen LogP contribution < -0.4 is 0 Å². The standard InChI is InChI=1S/C12H21IO/c1-10-3-2-6-12(7-10,9-13)14-8-11-4-5-11/h10-11H,2-9H2,1H3. The minimum absolute atomic E-state index is 0.251. The maximum absolute atomic E-state index is 6.21. The minimum atomic E-state index is 0.251. The molecule has 0 spiro atoms. The molecule has 2 unspecified atom stereocenters. The Morgan fingerprint density at radius 1 is 1.36 bits per heavy atom. The second-order valence-electron chi connectivity index (χ2n) is 5.27. The van der Waals surface area contributed by atoms with Crippen molar-refractivity contribution in [1.29, 1.82) is 0 Å². The summed E-state index contributed by atoms with van der Waals surface area (Å²) in [4.78, 5) is 0. The highest BCUT2D eigenvalue weighted by Crippen LogP contribution is 2.39. The van der Waals surface area contributed by atoms with Gasteiger partial charge in [0, 0.05) is 4.43 Å². The first-order chi connectivity index (χ1) is 6.74. The summed E-state index contributed by atoms with van der Waals surface area (Å²) in [6, 6.07) is 0. The SMILES string of the molecule is CC1CCCC(CI)(OCC2CC2)C1. The Labute approximate surface area is 101 Å². The molecule has 0 bridgehead atoms. The summed E-state index contributed by atoms with van der Waals surface area (Å²) in [5.74, 6) is 1.78. The molecule has 2 saturated carbocycles. The van der Waals surface area contributed by atoms with Gasteiger partial charge in [-0.1, -0.05) is 42.4 Å². The van der Waals surface area contributed by atoms with Crippen molar-refractivity contribution in [2.45, 2.75) is 51.0 Å². The van der Waals surface area contributed by atoms with Gasteiger partial charge in [0.15, 0.2) is 0 Å². The average Bonchev–Trinajstić information content (AvgIpc) is 2.98. The Hall–Kier alpha value is 0.690. The van der Waals surface area contributed by atoms with Crippen molar-refractivity contribution in [3.63, 3.8) is 0 Å². The fraction of sp³-hybridized carbons (Fsp3) is 1.00. The third-order valence-electron chi connectivity index (χ3n) is 3.62. The van der Waals surface area contributed by atoms with E-state index < -0.39 is 0 Å². The molecule has 2 heteroatoms. The zero-order valence-electron chi connectivity index (χ0n) is 9.10. The molecule has 0 radical (unpaired) electrons. The molecule has 0 saturated heterocycles. The third kappa shape index (κ3) is 2.84. The first kappa shape index (κ1) is 11.2. The molecule has 0 aromatic heterocycles. The van der Waals surface area contributed by atoms with Gasteiger partial charge in [0.2, 0.25) is 0 Å². The van der Waals surface area contributed by atoms with Crippen LogP contribution in [-0.4, -0.2) is 16.6 Å². The predicted molar refractivity (Wildman–Crippen MR) is 67.9 cm³/mol. The topological polar surface area (TPSA) is 9.23 Å². The van der Waals surface area contributed by atoms with E-state index in [0.717, 1.165) is 18.4 Å². The average molecular weight is 308 g/mol. The molecule has 2 aliphatic carbocycles. The maximum Gasteiger partial charge on any atom is 0.0774 e. The fourth-order valence-electron chi connectivity index (χ4n) is 2.48. The molecule has 2 fully saturated rings. The van der Waals surface area contributed by atoms with Gasteiger partial charge in [0.1, 0.15) is 0 Å². The molecule has 1 nitrogen and oxygen atoms in total. The molecule has 0 amide bonds. The quantitative estimate of drug-likeness (QED) is 0.567. The molecule has 0 heterocycles. The Kier molecular flexibility index (Phi) is 3.74. The second-order valence-corrected chi connectivity index (χ2v) is 6.04. The van der Waals surface area contributed by atoms with Crippen LogP contribution in [0.2, 0.25) is 0 Å². The van der Waals surface area contributed by atoms with Crippen molar-refractivity contribution in [3.05, 3.63) is 0 Å². The van der Waals surface area contributed by atoms with Crippen LogP contribution in [0.1, 0.15) is 45.4 Å². The van der Waals surface area contributed by atoms with Crippen LogP contribution in [0.4, 0.5) is 0 Å². The van der Waals surface area contributed by atoms with Gasteiger partial charge in [-0.15, -0.1) is 0 Å². The molecular formula is C12H21IO. The summed E-state index contributed by atoms with van der Waals surface area (Å²) >= 11 is 2.51. The molecule has 0 aromatic rings. The van der Waals surface area contributed by atoms with Gasteiger partial charge in [-0.25, -0.2) is 0 Å². The molecule has 14 heavy (non-hydrogen) atoms. The van der Waals surface area contributed by atoms with Crippen molar-refractivity contribution in [2.24, 2.45) is 11.8 Å². The lowest BCUT2D eigenvalue weighted by Crippen LogP contribution is -2.40. The van der Waals surface area contributed by atoms with Crippen LogP contribution in [0.15, 0.2) is 0 Å². The van der Waals surface area contributed by atoms with Crippen LogP contribution in [0.3, 0.4) is 0 Å². The van der Waals surface area contributed by atoms with Gasteiger partial charge in [0.05, 0.1) is 12.2 Å². The van der Waals surface area contributed by atoms with E-state index in [2.05, 4.69) is 29.5 Å². The summed E-state index contributed by atoms with van der Waals surface area (Å²) in [6.07, 6.45) is 8.19. The van der Waals surface area contributed by atoms with E-state index in [1.54, 1.807) is 0 Å². The van der Waals surface area contributed by atoms with Crippen molar-refractivity contribution in [2.75, 3.05) is 11.0 Å². The molecule has 2 aliphatic rings. The lowest BCUT2D eigenvalue weighted by Gasteiger charge is -2.38. The minimum Gasteiger partial charge on any atom is -0.374 e. The smallest absolute Gasteiger partial charge is 0.0774 e. The van der Waals surface area contributed by atoms with Crippen molar-refractivity contribution < 1.29 is 4.74 Å². The van der Waals surface area contributed by atoms with Gasteiger partial charge in [-0.2, -0.15) is 0 Å². The van der Waals surface area contributed by atoms with E-state index in [-0.39, 0.29) is 5.60 Å². The highest BCUT2D eigenvalue weighted by atomic mass is 127. The van der Waals surface area contributed by atoms with Crippen molar-refractivity contribution >= 4 is 22.6 Å². The summed E-state index contributed by atoms with van der Waals surface area (Å²) < 4.78 is 7.39. The summed E-state index contributed by atoms with van der Waals surface area (Å²) in [7, 11) is 0. The first-order valence-electron chi connectivity index (χ1n) is 5.94. The van der Waals surface area contributed by atoms with Crippen LogP contribution >= 0.6 is 22.6 Å². The molecule has 2 atom stereocenters. The Morgan fingerprint density at radius 3 is 2.71 bits per heavy atom. The zero-order chi connectivity index (χ0) is 10.0. The van der Waals surface area contributed by atoms with E-state index in [9.17, 15) is 0 Å². The fourth-order valence-corrected chi connectivity index (χ4v) is 3.40. The highest BCUT2D eigenvalue weighted by molar-refractivity contribution is 14.1. The zero-order valence-corrected chi connectivity index (χ0v) is 11.3. The van der Waals surface area contributed by atoms with E-state index in [0.29, 0.717) is 0 Å². The van der Waals surface area contributed by atoms with Gasteiger partial charge in [-0.3, -0.25) is 0 Å². The molecular weight excluding hydrogens is 287 g/mol. The highest BCUT2D eigenvalue weighted by Gasteiger charge is 2.36. The van der Waals surface area contributed by atoms with Gasteiger partial charge < -0.3 is 4.74 Å².